The summed E-state index contributed by atoms with van der Waals surface area (Å²) in [5.74, 6) is 1.32. The van der Waals surface area contributed by atoms with Crippen LogP contribution < -0.4 is 34.9 Å². The average molecular weight is 681 g/mol. The Morgan fingerprint density at radius 2 is 1.90 bits per heavy atom. The Bertz CT molecular complexity index is 1240. The topological polar surface area (TPSA) is 113 Å². The zero-order chi connectivity index (χ0) is 29.0. The summed E-state index contributed by atoms with van der Waals surface area (Å²) in [7, 11) is -4.87. The molecule has 1 aromatic heterocycles. The van der Waals surface area contributed by atoms with Crippen LogP contribution in [0.1, 0.15) is 103 Å². The number of nitrogens with one attached hydrogen (secondary N) is 1. The number of hydrogen-bond donors (Lipinski definition) is 1. The Balaban J connectivity index is 0.00000387. The van der Waals surface area contributed by atoms with E-state index in [9.17, 15) is 22.6 Å². The van der Waals surface area contributed by atoms with Gasteiger partial charge in [-0.2, -0.15) is 0 Å². The van der Waals surface area contributed by atoms with Crippen LogP contribution in [0.4, 0.5) is 0 Å². The van der Waals surface area contributed by atoms with E-state index in [1.54, 1.807) is 11.3 Å². The molecule has 11 heteroatoms. The molecule has 0 bridgehead atoms. The Morgan fingerprint density at radius 1 is 1.20 bits per heavy atom. The second-order valence-corrected chi connectivity index (χ2v) is 17.1. The van der Waals surface area contributed by atoms with Crippen LogP contribution in [0.2, 0.25) is 0 Å². The number of Topliss-reactive ketones (excluding diaryl/α,β-unsaturated/α-hetero) is 1. The van der Waals surface area contributed by atoms with Crippen molar-refractivity contribution in [1.82, 2.24) is 5.32 Å². The summed E-state index contributed by atoms with van der Waals surface area (Å²) in [6, 6.07) is 4.08. The van der Waals surface area contributed by atoms with E-state index in [0.29, 0.717) is 31.6 Å². The molecule has 41 heavy (non-hydrogen) atoms. The second-order valence-electron chi connectivity index (χ2n) is 13.6. The number of halogens is 1. The molecule has 0 spiro atoms. The quantitative estimate of drug-likeness (QED) is 0.254. The zero-order valence-electron chi connectivity index (χ0n) is 25.0. The van der Waals surface area contributed by atoms with Gasteiger partial charge in [-0.3, -0.25) is 13.8 Å². The maximum atomic E-state index is 13.2. The van der Waals surface area contributed by atoms with Crippen molar-refractivity contribution in [2.75, 3.05) is 0 Å². The summed E-state index contributed by atoms with van der Waals surface area (Å²) < 4.78 is 42.0. The Morgan fingerprint density at radius 3 is 2.54 bits per heavy atom. The number of ketones is 1. The van der Waals surface area contributed by atoms with Gasteiger partial charge in [0.1, 0.15) is 5.78 Å². The van der Waals surface area contributed by atoms with Crippen molar-refractivity contribution in [1.29, 1.82) is 0 Å². The van der Waals surface area contributed by atoms with Gasteiger partial charge in [-0.15, -0.1) is 11.3 Å². The predicted molar refractivity (Wildman–Crippen MR) is 157 cm³/mol. The second kappa shape index (κ2) is 12.9. The molecule has 1 amide bonds. The van der Waals surface area contributed by atoms with Crippen molar-refractivity contribution in [3.8, 4) is 0 Å². The van der Waals surface area contributed by atoms with E-state index in [-0.39, 0.29) is 87.7 Å². The van der Waals surface area contributed by atoms with Crippen LogP contribution in [0.5, 0.6) is 0 Å². The van der Waals surface area contributed by atoms with Gasteiger partial charge in [0.05, 0.1) is 15.9 Å². The van der Waals surface area contributed by atoms with E-state index in [4.69, 9.17) is 4.18 Å². The third-order valence-corrected chi connectivity index (χ3v) is 13.9. The van der Waals surface area contributed by atoms with Gasteiger partial charge in [-0.1, -0.05) is 27.7 Å². The van der Waals surface area contributed by atoms with Gasteiger partial charge in [0.2, 0.25) is 16.3 Å². The Kier molecular flexibility index (Phi) is 10.7. The first kappa shape index (κ1) is 34.1. The molecular weight excluding hydrogens is 637 g/mol. The first-order chi connectivity index (χ1) is 18.7. The molecule has 5 rings (SSSR count). The molecule has 0 aliphatic heterocycles. The fraction of sp³-hybridized carbons (Fsp3) is 0.800. The summed E-state index contributed by atoms with van der Waals surface area (Å²) in [5.41, 5.74) is -0.0898. The number of thiophene rings is 1. The van der Waals surface area contributed by atoms with Crippen molar-refractivity contribution in [2.24, 2.45) is 46.3 Å². The summed E-state index contributed by atoms with van der Waals surface area (Å²) >= 11 is 5.17. The third kappa shape index (κ3) is 6.75. The number of amides is 1. The van der Waals surface area contributed by atoms with E-state index in [2.05, 4.69) is 55.0 Å². The van der Waals surface area contributed by atoms with Crippen LogP contribution in [0.25, 0.3) is 0 Å². The molecule has 4 fully saturated rings. The van der Waals surface area contributed by atoms with Crippen LogP contribution in [0.3, 0.4) is 0 Å². The fourth-order valence-electron chi connectivity index (χ4n) is 9.79. The normalized spacial score (nSPS) is 38.1. The van der Waals surface area contributed by atoms with Gasteiger partial charge in [0.25, 0.3) is 0 Å². The molecule has 10 atom stereocenters. The average Bonchev–Trinajstić information content (AvgIpc) is 3.45. The monoisotopic (exact) mass is 679 g/mol. The van der Waals surface area contributed by atoms with Gasteiger partial charge in [-0.05, 0) is 119 Å². The molecule has 0 aromatic carbocycles. The molecular formula is C30H43BrNNaO6S2. The maximum absolute atomic E-state index is 13.2. The zero-order valence-corrected chi connectivity index (χ0v) is 30.2. The van der Waals surface area contributed by atoms with Gasteiger partial charge in [-0.25, -0.2) is 8.42 Å². The molecule has 224 valence electrons. The number of hydrogen-bond acceptors (Lipinski definition) is 7. The predicted octanol–water partition coefficient (Wildman–Crippen LogP) is 3.79. The molecule has 4 aliphatic rings. The number of rotatable bonds is 8. The SMILES string of the molecule is CC[C@H](NC(=O)C[C@@H](C)[C@H]1CC[C@H]2[C@@H]3[C@H](OS(=O)(=O)[O-])C[C@@H]4CC(=O)CC[C@]4(C)[C@H]3CC[C@]12C)c1ccc(Br)s1.[Na+]. The van der Waals surface area contributed by atoms with E-state index >= 15 is 0 Å². The first-order valence-electron chi connectivity index (χ1n) is 15.0. The molecule has 1 heterocycles. The van der Waals surface area contributed by atoms with Crippen LogP contribution in [0, 0.1) is 46.3 Å². The summed E-state index contributed by atoms with van der Waals surface area (Å²) in [6.07, 6.45) is 6.84. The van der Waals surface area contributed by atoms with Crippen molar-refractivity contribution in [2.45, 2.75) is 104 Å². The minimum atomic E-state index is -4.87. The minimum absolute atomic E-state index is 0. The molecule has 0 unspecified atom stereocenters. The summed E-state index contributed by atoms with van der Waals surface area (Å²) in [5, 5.41) is 3.25. The molecule has 1 aromatic rings. The maximum Gasteiger partial charge on any atom is 1.00 e. The molecule has 4 aliphatic carbocycles. The van der Waals surface area contributed by atoms with Crippen LogP contribution in [-0.4, -0.2) is 30.8 Å². The Hall–Kier alpha value is 0.190. The molecule has 0 radical (unpaired) electrons. The standard InChI is InChI=1S/C30H44BrNO6S2.Na/c1-5-23(25-8-9-26(31)39-25)32-27(34)14-17(2)20-6-7-21-28-22(11-13-30(20,21)4)29(3)12-10-19(33)15-18(29)16-24(28)38-40(35,36)37;/h8-9,17-18,20-24,28H,5-7,10-16H2,1-4H3,(H,32,34)(H,35,36,37);/q;+1/p-1/t17-,18+,20-,21+,22+,23+,24-,28+,29+,30-;/m1./s1. The number of carbonyl (C=O) groups excluding carboxylic acids is 2. The van der Waals surface area contributed by atoms with E-state index < -0.39 is 16.5 Å². The fourth-order valence-corrected chi connectivity index (χ4v) is 11.9. The van der Waals surface area contributed by atoms with Crippen molar-refractivity contribution in [3.63, 3.8) is 0 Å². The van der Waals surface area contributed by atoms with Crippen LogP contribution in [-0.2, 0) is 24.2 Å². The van der Waals surface area contributed by atoms with Gasteiger partial charge >= 0.3 is 29.6 Å². The summed E-state index contributed by atoms with van der Waals surface area (Å²) in [6.45, 7) is 8.90. The molecule has 7 nitrogen and oxygen atoms in total. The van der Waals surface area contributed by atoms with Crippen molar-refractivity contribution in [3.05, 3.63) is 20.8 Å². The Labute approximate surface area is 280 Å². The minimum Gasteiger partial charge on any atom is -0.726 e. The van der Waals surface area contributed by atoms with Crippen LogP contribution >= 0.6 is 27.3 Å². The van der Waals surface area contributed by atoms with E-state index in [0.717, 1.165) is 47.2 Å². The smallest absolute Gasteiger partial charge is 0.726 e. The number of carbonyl (C=O) groups is 2. The van der Waals surface area contributed by atoms with E-state index in [1.807, 2.05) is 6.07 Å². The van der Waals surface area contributed by atoms with Gasteiger partial charge < -0.3 is 9.87 Å². The largest absolute Gasteiger partial charge is 1.00 e. The first-order valence-corrected chi connectivity index (χ1v) is 17.9. The van der Waals surface area contributed by atoms with Gasteiger partial charge in [0.15, 0.2) is 0 Å². The summed E-state index contributed by atoms with van der Waals surface area (Å²) in [4.78, 5) is 26.7. The molecule has 4 saturated carbocycles. The van der Waals surface area contributed by atoms with Gasteiger partial charge in [0, 0.05) is 24.1 Å². The van der Waals surface area contributed by atoms with Crippen LogP contribution in [0.15, 0.2) is 15.9 Å². The number of fused-ring (bicyclic) bond motifs is 5. The van der Waals surface area contributed by atoms with E-state index in [1.165, 1.54) is 0 Å². The third-order valence-electron chi connectivity index (χ3n) is 11.7. The van der Waals surface area contributed by atoms with Crippen molar-refractivity contribution < 1.29 is 56.3 Å². The van der Waals surface area contributed by atoms with Crippen molar-refractivity contribution >= 4 is 49.4 Å². The molecule has 0 saturated heterocycles. The molecule has 1 N–H and O–H groups in total.